The van der Waals surface area contributed by atoms with Gasteiger partial charge >= 0.3 is 0 Å². The first kappa shape index (κ1) is 14.5. The molecule has 0 aliphatic carbocycles. The van der Waals surface area contributed by atoms with Crippen LogP contribution in [0.3, 0.4) is 0 Å². The molecular weight excluding hydrogens is 268 g/mol. The molecule has 108 valence electrons. The molecule has 1 aromatic heterocycles. The number of aryl methyl sites for hydroxylation is 1. The third-order valence-electron chi connectivity index (χ3n) is 3.42. The van der Waals surface area contributed by atoms with Gasteiger partial charge in [-0.2, -0.15) is 0 Å². The molecular formula is C12H20N2O4S. The fourth-order valence-electron chi connectivity index (χ4n) is 2.28. The van der Waals surface area contributed by atoms with Gasteiger partial charge in [0.25, 0.3) is 0 Å². The van der Waals surface area contributed by atoms with E-state index in [1.165, 1.54) is 4.31 Å². The zero-order chi connectivity index (χ0) is 14.1. The van der Waals surface area contributed by atoms with Gasteiger partial charge in [0.1, 0.15) is 17.2 Å². The van der Waals surface area contributed by atoms with Crippen molar-refractivity contribution >= 4 is 10.0 Å². The molecule has 0 radical (unpaired) electrons. The van der Waals surface area contributed by atoms with Gasteiger partial charge in [-0.05, 0) is 33.1 Å². The Hall–Kier alpha value is -0.920. The summed E-state index contributed by atoms with van der Waals surface area (Å²) >= 11 is 0. The highest BCUT2D eigenvalue weighted by molar-refractivity contribution is 7.88. The summed E-state index contributed by atoms with van der Waals surface area (Å²) in [6.07, 6.45) is 1.76. The SMILES string of the molecule is Cc1cc(CS(=O)(=O)N2CCCC(C)(O)CC2)no1. The second-order valence-electron chi connectivity index (χ2n) is 5.43. The van der Waals surface area contributed by atoms with Crippen molar-refractivity contribution in [3.05, 3.63) is 17.5 Å². The minimum absolute atomic E-state index is 0.146. The van der Waals surface area contributed by atoms with Gasteiger partial charge in [0.2, 0.25) is 10.0 Å². The van der Waals surface area contributed by atoms with Gasteiger partial charge in [0.05, 0.1) is 5.60 Å². The number of hydrogen-bond acceptors (Lipinski definition) is 5. The van der Waals surface area contributed by atoms with Crippen molar-refractivity contribution in [3.63, 3.8) is 0 Å². The third-order valence-corrected chi connectivity index (χ3v) is 5.24. The Kier molecular flexibility index (Phi) is 3.98. The first-order chi connectivity index (χ1) is 8.78. The van der Waals surface area contributed by atoms with Gasteiger partial charge < -0.3 is 9.63 Å². The van der Waals surface area contributed by atoms with Gasteiger partial charge in [0, 0.05) is 19.2 Å². The third kappa shape index (κ3) is 3.77. The molecule has 1 aromatic rings. The molecule has 0 spiro atoms. The molecule has 1 atom stereocenters. The normalized spacial score (nSPS) is 26.3. The Morgan fingerprint density at radius 3 is 2.84 bits per heavy atom. The van der Waals surface area contributed by atoms with Gasteiger partial charge in [-0.15, -0.1) is 0 Å². The van der Waals surface area contributed by atoms with Crippen molar-refractivity contribution in [1.82, 2.24) is 9.46 Å². The first-order valence-electron chi connectivity index (χ1n) is 6.41. The van der Waals surface area contributed by atoms with Crippen LogP contribution in [0.25, 0.3) is 0 Å². The monoisotopic (exact) mass is 288 g/mol. The summed E-state index contributed by atoms with van der Waals surface area (Å²) in [4.78, 5) is 0. The van der Waals surface area contributed by atoms with Crippen molar-refractivity contribution in [3.8, 4) is 0 Å². The predicted molar refractivity (Wildman–Crippen MR) is 69.9 cm³/mol. The van der Waals surface area contributed by atoms with Gasteiger partial charge in [-0.3, -0.25) is 0 Å². The lowest BCUT2D eigenvalue weighted by Crippen LogP contribution is -2.34. The maximum atomic E-state index is 12.3. The number of nitrogens with zero attached hydrogens (tertiary/aromatic N) is 2. The second kappa shape index (κ2) is 5.22. The number of aliphatic hydroxyl groups is 1. The van der Waals surface area contributed by atoms with Crippen LogP contribution in [0.4, 0.5) is 0 Å². The van der Waals surface area contributed by atoms with E-state index < -0.39 is 15.6 Å². The fourth-order valence-corrected chi connectivity index (χ4v) is 3.75. The summed E-state index contributed by atoms with van der Waals surface area (Å²) in [5, 5.41) is 13.7. The zero-order valence-corrected chi connectivity index (χ0v) is 12.1. The molecule has 2 heterocycles. The van der Waals surface area contributed by atoms with Crippen LogP contribution in [-0.2, 0) is 15.8 Å². The van der Waals surface area contributed by atoms with Crippen LogP contribution in [0.5, 0.6) is 0 Å². The van der Waals surface area contributed by atoms with Gasteiger partial charge in [-0.1, -0.05) is 5.16 Å². The summed E-state index contributed by atoms with van der Waals surface area (Å²) in [5.74, 6) is 0.455. The second-order valence-corrected chi connectivity index (χ2v) is 7.40. The van der Waals surface area contributed by atoms with Crippen LogP contribution in [0.2, 0.25) is 0 Å². The summed E-state index contributed by atoms with van der Waals surface area (Å²) < 4.78 is 30.9. The Morgan fingerprint density at radius 2 is 2.21 bits per heavy atom. The predicted octanol–water partition coefficient (Wildman–Crippen LogP) is 1.05. The lowest BCUT2D eigenvalue weighted by molar-refractivity contribution is 0.0465. The highest BCUT2D eigenvalue weighted by Crippen LogP contribution is 2.24. The molecule has 6 nitrogen and oxygen atoms in total. The minimum atomic E-state index is -3.40. The van der Waals surface area contributed by atoms with Crippen molar-refractivity contribution in [2.24, 2.45) is 0 Å². The van der Waals surface area contributed by atoms with Gasteiger partial charge in [-0.25, -0.2) is 12.7 Å². The number of hydrogen-bond donors (Lipinski definition) is 1. The molecule has 1 aliphatic heterocycles. The zero-order valence-electron chi connectivity index (χ0n) is 11.3. The molecule has 1 N–H and O–H groups in total. The molecule has 1 aliphatic rings. The first-order valence-corrected chi connectivity index (χ1v) is 8.02. The molecule has 0 amide bonds. The van der Waals surface area contributed by atoms with E-state index in [1.54, 1.807) is 19.9 Å². The van der Waals surface area contributed by atoms with E-state index in [0.717, 1.165) is 0 Å². The van der Waals surface area contributed by atoms with E-state index in [2.05, 4.69) is 5.16 Å². The standard InChI is InChI=1S/C12H20N2O4S/c1-10-8-11(13-18-10)9-19(16,17)14-6-3-4-12(2,15)5-7-14/h8,15H,3-7,9H2,1-2H3. The highest BCUT2D eigenvalue weighted by atomic mass is 32.2. The van der Waals surface area contributed by atoms with E-state index in [4.69, 9.17) is 4.52 Å². The quantitative estimate of drug-likeness (QED) is 0.898. The van der Waals surface area contributed by atoms with E-state index in [9.17, 15) is 13.5 Å². The average Bonchev–Trinajstić information content (AvgIpc) is 2.57. The van der Waals surface area contributed by atoms with E-state index in [-0.39, 0.29) is 5.75 Å². The topological polar surface area (TPSA) is 83.6 Å². The molecule has 0 saturated carbocycles. The van der Waals surface area contributed by atoms with Gasteiger partial charge in [0.15, 0.2) is 0 Å². The maximum absolute atomic E-state index is 12.3. The maximum Gasteiger partial charge on any atom is 0.219 e. The Bertz CT molecular complexity index is 536. The molecule has 19 heavy (non-hydrogen) atoms. The molecule has 2 rings (SSSR count). The molecule has 1 fully saturated rings. The minimum Gasteiger partial charge on any atom is -0.390 e. The van der Waals surface area contributed by atoms with E-state index >= 15 is 0 Å². The molecule has 7 heteroatoms. The largest absolute Gasteiger partial charge is 0.390 e. The Labute approximate surface area is 113 Å². The number of rotatable bonds is 3. The summed E-state index contributed by atoms with van der Waals surface area (Å²) in [6.45, 7) is 4.29. The van der Waals surface area contributed by atoms with Crippen LogP contribution in [0.1, 0.15) is 37.6 Å². The van der Waals surface area contributed by atoms with E-state index in [1.807, 2.05) is 0 Å². The summed E-state index contributed by atoms with van der Waals surface area (Å²) in [7, 11) is -3.40. The number of sulfonamides is 1. The number of aromatic nitrogens is 1. The molecule has 1 saturated heterocycles. The highest BCUT2D eigenvalue weighted by Gasteiger charge is 2.31. The van der Waals surface area contributed by atoms with Crippen LogP contribution < -0.4 is 0 Å². The average molecular weight is 288 g/mol. The molecule has 1 unspecified atom stereocenters. The molecule has 0 aromatic carbocycles. The van der Waals surface area contributed by atoms with Crippen LogP contribution >= 0.6 is 0 Å². The van der Waals surface area contributed by atoms with Crippen molar-refractivity contribution < 1.29 is 18.0 Å². The fraction of sp³-hybridized carbons (Fsp3) is 0.750. The van der Waals surface area contributed by atoms with Crippen molar-refractivity contribution in [2.45, 2.75) is 44.5 Å². The summed E-state index contributed by atoms with van der Waals surface area (Å²) in [6, 6.07) is 1.63. The molecule has 0 bridgehead atoms. The smallest absolute Gasteiger partial charge is 0.219 e. The van der Waals surface area contributed by atoms with Crippen LogP contribution in [-0.4, -0.2) is 41.7 Å². The van der Waals surface area contributed by atoms with Crippen LogP contribution in [0, 0.1) is 6.92 Å². The summed E-state index contributed by atoms with van der Waals surface area (Å²) in [5.41, 5.74) is -0.345. The van der Waals surface area contributed by atoms with Crippen molar-refractivity contribution in [1.29, 1.82) is 0 Å². The lowest BCUT2D eigenvalue weighted by Gasteiger charge is -2.21. The van der Waals surface area contributed by atoms with Crippen molar-refractivity contribution in [2.75, 3.05) is 13.1 Å². The van der Waals surface area contributed by atoms with Crippen LogP contribution in [0.15, 0.2) is 10.6 Å². The van der Waals surface area contributed by atoms with E-state index in [0.29, 0.717) is 43.8 Å². The Balaban J connectivity index is 2.07. The lowest BCUT2D eigenvalue weighted by atomic mass is 9.98. The Morgan fingerprint density at radius 1 is 1.47 bits per heavy atom.